The first-order chi connectivity index (χ1) is 8.78. The highest BCUT2D eigenvalue weighted by atomic mass is 16.3. The molecule has 1 aliphatic rings. The number of aliphatic hydroxyl groups is 1. The summed E-state index contributed by atoms with van der Waals surface area (Å²) in [6, 6.07) is 3.54. The number of aromatic nitrogens is 1. The van der Waals surface area contributed by atoms with Crippen molar-refractivity contribution in [3.8, 4) is 0 Å². The molecule has 0 saturated carbocycles. The molecule has 18 heavy (non-hydrogen) atoms. The van der Waals surface area contributed by atoms with E-state index in [4.69, 9.17) is 5.11 Å². The third-order valence-electron chi connectivity index (χ3n) is 3.19. The molecule has 2 rings (SSSR count). The largest absolute Gasteiger partial charge is 0.396 e. The fourth-order valence-electron chi connectivity index (χ4n) is 2.28. The molecular weight excluding hydrogens is 230 g/mol. The van der Waals surface area contributed by atoms with Crippen LogP contribution in [0.25, 0.3) is 0 Å². The van der Waals surface area contributed by atoms with Crippen LogP contribution in [0.3, 0.4) is 0 Å². The third-order valence-corrected chi connectivity index (χ3v) is 3.19. The zero-order chi connectivity index (χ0) is 12.8. The summed E-state index contributed by atoms with van der Waals surface area (Å²) >= 11 is 0. The number of hydrogen-bond acceptors (Lipinski definition) is 4. The van der Waals surface area contributed by atoms with Crippen molar-refractivity contribution in [3.05, 3.63) is 24.5 Å². The number of carbonyl (C=O) groups is 1. The molecule has 0 spiro atoms. The minimum Gasteiger partial charge on any atom is -0.396 e. The van der Waals surface area contributed by atoms with Gasteiger partial charge < -0.3 is 10.4 Å². The summed E-state index contributed by atoms with van der Waals surface area (Å²) in [5, 5.41) is 12.0. The highest BCUT2D eigenvalue weighted by Crippen LogP contribution is 2.15. The van der Waals surface area contributed by atoms with Gasteiger partial charge in [-0.2, -0.15) is 0 Å². The predicted octanol–water partition coefficient (Wildman–Crippen LogP) is 0.724. The van der Waals surface area contributed by atoms with Crippen molar-refractivity contribution in [2.45, 2.75) is 12.8 Å². The van der Waals surface area contributed by atoms with Crippen LogP contribution in [0.1, 0.15) is 12.8 Å². The number of piperidine rings is 1. The summed E-state index contributed by atoms with van der Waals surface area (Å²) in [5.41, 5.74) is 0.769. The lowest BCUT2D eigenvalue weighted by molar-refractivity contribution is -0.117. The van der Waals surface area contributed by atoms with Gasteiger partial charge in [0.05, 0.1) is 6.54 Å². The number of nitrogens with one attached hydrogen (secondary N) is 1. The first kappa shape index (κ1) is 13.0. The van der Waals surface area contributed by atoms with Crippen LogP contribution < -0.4 is 5.32 Å². The van der Waals surface area contributed by atoms with E-state index in [0.717, 1.165) is 31.6 Å². The summed E-state index contributed by atoms with van der Waals surface area (Å²) in [6.07, 6.45) is 5.41. The number of anilines is 1. The molecule has 98 valence electrons. The van der Waals surface area contributed by atoms with Gasteiger partial charge in [-0.1, -0.05) is 0 Å². The number of carbonyl (C=O) groups excluding carboxylic acids is 1. The summed E-state index contributed by atoms with van der Waals surface area (Å²) in [7, 11) is 0. The van der Waals surface area contributed by atoms with Crippen LogP contribution in [0.5, 0.6) is 0 Å². The van der Waals surface area contributed by atoms with Crippen LogP contribution in [-0.4, -0.2) is 47.1 Å². The van der Waals surface area contributed by atoms with Gasteiger partial charge in [0, 0.05) is 31.2 Å². The number of nitrogens with zero attached hydrogens (tertiary/aromatic N) is 2. The Balaban J connectivity index is 1.80. The number of aliphatic hydroxyl groups excluding tert-OH is 1. The fraction of sp³-hybridized carbons (Fsp3) is 0.538. The molecular formula is C13H19N3O2. The molecule has 5 heteroatoms. The predicted molar refractivity (Wildman–Crippen MR) is 69.1 cm³/mol. The van der Waals surface area contributed by atoms with Gasteiger partial charge in [0.2, 0.25) is 5.91 Å². The molecule has 0 aromatic carbocycles. The lowest BCUT2D eigenvalue weighted by Crippen LogP contribution is -2.41. The summed E-state index contributed by atoms with van der Waals surface area (Å²) < 4.78 is 0. The van der Waals surface area contributed by atoms with Crippen molar-refractivity contribution in [2.24, 2.45) is 5.92 Å². The maximum Gasteiger partial charge on any atom is 0.238 e. The van der Waals surface area contributed by atoms with E-state index in [1.165, 1.54) is 0 Å². The van der Waals surface area contributed by atoms with Crippen molar-refractivity contribution in [1.29, 1.82) is 0 Å². The maximum atomic E-state index is 11.8. The summed E-state index contributed by atoms with van der Waals surface area (Å²) in [6.45, 7) is 2.34. The Morgan fingerprint density at radius 1 is 1.50 bits per heavy atom. The minimum absolute atomic E-state index is 0.0141. The van der Waals surface area contributed by atoms with Crippen molar-refractivity contribution in [1.82, 2.24) is 9.88 Å². The zero-order valence-electron chi connectivity index (χ0n) is 10.4. The van der Waals surface area contributed by atoms with Crippen molar-refractivity contribution in [3.63, 3.8) is 0 Å². The lowest BCUT2D eigenvalue weighted by atomic mass is 9.99. The highest BCUT2D eigenvalue weighted by Gasteiger charge is 2.20. The first-order valence-electron chi connectivity index (χ1n) is 6.31. The van der Waals surface area contributed by atoms with Crippen LogP contribution in [0.2, 0.25) is 0 Å². The van der Waals surface area contributed by atoms with Crippen molar-refractivity contribution >= 4 is 11.6 Å². The van der Waals surface area contributed by atoms with Gasteiger partial charge >= 0.3 is 0 Å². The molecule has 1 amide bonds. The molecule has 1 saturated heterocycles. The van der Waals surface area contributed by atoms with Gasteiger partial charge in [-0.15, -0.1) is 0 Å². The molecule has 1 aromatic heterocycles. The second kappa shape index (κ2) is 6.47. The number of hydrogen-bond donors (Lipinski definition) is 2. The molecule has 0 aliphatic carbocycles. The van der Waals surface area contributed by atoms with Crippen LogP contribution >= 0.6 is 0 Å². The molecule has 0 bridgehead atoms. The van der Waals surface area contributed by atoms with Gasteiger partial charge in [-0.3, -0.25) is 14.7 Å². The van der Waals surface area contributed by atoms with Crippen molar-refractivity contribution in [2.75, 3.05) is 31.6 Å². The summed E-state index contributed by atoms with van der Waals surface area (Å²) in [5.74, 6) is 0.298. The summed E-state index contributed by atoms with van der Waals surface area (Å²) in [4.78, 5) is 17.8. The van der Waals surface area contributed by atoms with E-state index in [-0.39, 0.29) is 12.5 Å². The normalized spacial score (nSPS) is 20.6. The smallest absolute Gasteiger partial charge is 0.238 e. The van der Waals surface area contributed by atoms with Gasteiger partial charge in [-0.25, -0.2) is 0 Å². The van der Waals surface area contributed by atoms with E-state index in [9.17, 15) is 4.79 Å². The molecule has 1 unspecified atom stereocenters. The number of amides is 1. The van der Waals surface area contributed by atoms with E-state index in [1.54, 1.807) is 24.5 Å². The number of likely N-dealkylation sites (tertiary alicyclic amines) is 1. The Kier molecular flexibility index (Phi) is 4.66. The Bertz CT molecular complexity index is 383. The lowest BCUT2D eigenvalue weighted by Gasteiger charge is -2.31. The van der Waals surface area contributed by atoms with Gasteiger partial charge in [0.25, 0.3) is 0 Å². The Labute approximate surface area is 107 Å². The van der Waals surface area contributed by atoms with Crippen LogP contribution in [0.4, 0.5) is 5.69 Å². The Hall–Kier alpha value is -1.46. The average molecular weight is 249 g/mol. The van der Waals surface area contributed by atoms with Crippen LogP contribution in [0, 0.1) is 5.92 Å². The van der Waals surface area contributed by atoms with Crippen LogP contribution in [-0.2, 0) is 4.79 Å². The Morgan fingerprint density at radius 3 is 3.00 bits per heavy atom. The van der Waals surface area contributed by atoms with E-state index in [1.807, 2.05) is 0 Å². The number of rotatable bonds is 4. The highest BCUT2D eigenvalue weighted by molar-refractivity contribution is 5.92. The van der Waals surface area contributed by atoms with Crippen molar-refractivity contribution < 1.29 is 9.90 Å². The molecule has 1 aliphatic heterocycles. The zero-order valence-corrected chi connectivity index (χ0v) is 10.4. The second-order valence-corrected chi connectivity index (χ2v) is 4.71. The number of pyridine rings is 1. The van der Waals surface area contributed by atoms with Gasteiger partial charge in [0.15, 0.2) is 0 Å². The topological polar surface area (TPSA) is 65.5 Å². The quantitative estimate of drug-likeness (QED) is 0.825. The second-order valence-electron chi connectivity index (χ2n) is 4.71. The third kappa shape index (κ3) is 3.78. The standard InChI is InChI=1S/C13H19N3O2/c17-10-11-2-1-7-16(8-11)9-13(18)15-12-3-5-14-6-4-12/h3-6,11,17H,1-2,7-10H2,(H,14,15,18). The SMILES string of the molecule is O=C(CN1CCCC(CO)C1)Nc1ccncc1. The van der Waals surface area contributed by atoms with Gasteiger partial charge in [-0.05, 0) is 37.4 Å². The van der Waals surface area contributed by atoms with Crippen LogP contribution in [0.15, 0.2) is 24.5 Å². The Morgan fingerprint density at radius 2 is 2.28 bits per heavy atom. The first-order valence-corrected chi connectivity index (χ1v) is 6.31. The maximum absolute atomic E-state index is 11.8. The molecule has 0 radical (unpaired) electrons. The fourth-order valence-corrected chi connectivity index (χ4v) is 2.28. The molecule has 1 atom stereocenters. The van der Waals surface area contributed by atoms with E-state index in [2.05, 4.69) is 15.2 Å². The van der Waals surface area contributed by atoms with E-state index < -0.39 is 0 Å². The van der Waals surface area contributed by atoms with E-state index in [0.29, 0.717) is 12.5 Å². The monoisotopic (exact) mass is 249 g/mol. The molecule has 2 heterocycles. The minimum atomic E-state index is -0.0141. The van der Waals surface area contributed by atoms with Gasteiger partial charge in [0.1, 0.15) is 0 Å². The van der Waals surface area contributed by atoms with E-state index >= 15 is 0 Å². The molecule has 5 nitrogen and oxygen atoms in total. The molecule has 2 N–H and O–H groups in total. The molecule has 1 fully saturated rings. The average Bonchev–Trinajstić information content (AvgIpc) is 2.40. The molecule has 1 aromatic rings.